The van der Waals surface area contributed by atoms with E-state index < -0.39 is 20.0 Å². The van der Waals surface area contributed by atoms with Gasteiger partial charge in [0, 0.05) is 6.42 Å². The molecule has 0 aliphatic carbocycles. The van der Waals surface area contributed by atoms with Crippen LogP contribution in [0.25, 0.3) is 0 Å². The molecule has 0 aromatic heterocycles. The molecule has 3 unspecified atom stereocenters. The molecule has 0 aliphatic heterocycles. The molecule has 9 heteroatoms. The van der Waals surface area contributed by atoms with Crippen molar-refractivity contribution < 1.29 is 32.9 Å². The van der Waals surface area contributed by atoms with Gasteiger partial charge in [0.05, 0.1) is 39.9 Å². The summed E-state index contributed by atoms with van der Waals surface area (Å²) in [7, 11) is 1.26. The second-order valence-electron chi connectivity index (χ2n) is 23.5. The smallest absolute Gasteiger partial charge is 0.268 e. The highest BCUT2D eigenvalue weighted by Crippen LogP contribution is 2.38. The molecule has 0 bridgehead atoms. The Kier molecular flexibility index (Phi) is 54.9. The summed E-state index contributed by atoms with van der Waals surface area (Å²) >= 11 is 0. The Morgan fingerprint density at radius 2 is 0.767 bits per heavy atom. The van der Waals surface area contributed by atoms with Gasteiger partial charge in [0.15, 0.2) is 0 Å². The number of quaternary nitrogens is 1. The van der Waals surface area contributed by atoms with E-state index in [-0.39, 0.29) is 19.1 Å². The third-order valence-corrected chi connectivity index (χ3v) is 15.9. The lowest BCUT2D eigenvalue weighted by molar-refractivity contribution is -0.870. The van der Waals surface area contributed by atoms with Crippen molar-refractivity contribution in [3.8, 4) is 0 Å². The van der Waals surface area contributed by atoms with Crippen molar-refractivity contribution in [3.05, 3.63) is 24.3 Å². The number of nitrogens with zero attached hydrogens (tertiary/aromatic N) is 1. The van der Waals surface area contributed by atoms with E-state index in [9.17, 15) is 19.4 Å². The minimum atomic E-state index is -4.61. The summed E-state index contributed by atoms with van der Waals surface area (Å²) in [6.07, 6.45) is 71.4. The zero-order chi connectivity index (χ0) is 53.5. The highest BCUT2D eigenvalue weighted by Gasteiger charge is 2.23. The number of phosphoric ester groups is 1. The van der Waals surface area contributed by atoms with E-state index in [1.807, 2.05) is 27.2 Å². The molecule has 2 N–H and O–H groups in total. The summed E-state index contributed by atoms with van der Waals surface area (Å²) in [6, 6.07) is -0.901. The molecule has 3 atom stereocenters. The standard InChI is InChI=1S/C64H127N2O6P/c1-6-8-10-12-14-16-18-20-22-24-26-28-29-30-31-32-33-34-35-36-38-39-41-43-45-47-49-51-53-55-57-63(67)62(61-72-73(69,70)71-60-59-66(3,4)5)65-64(68)58-56-54-52-50-48-46-44-42-40-37-27-25-23-21-19-17-15-13-11-9-7-2/h47,49,55,57,62-63,67H,6-46,48,50-54,56,58-61H2,1-5H3,(H-,65,68,69,70)/b49-47+,57-55+. The maximum Gasteiger partial charge on any atom is 0.268 e. The predicted molar refractivity (Wildman–Crippen MR) is 316 cm³/mol. The molecule has 0 aromatic carbocycles. The van der Waals surface area contributed by atoms with Crippen molar-refractivity contribution in [1.29, 1.82) is 0 Å². The second-order valence-corrected chi connectivity index (χ2v) is 24.9. The van der Waals surface area contributed by atoms with Gasteiger partial charge in [-0.2, -0.15) is 0 Å². The number of aliphatic hydroxyl groups is 1. The Morgan fingerprint density at radius 1 is 0.466 bits per heavy atom. The van der Waals surface area contributed by atoms with E-state index in [1.165, 1.54) is 270 Å². The molecule has 0 rings (SSSR count). The molecular weight excluding hydrogens is 924 g/mol. The molecule has 73 heavy (non-hydrogen) atoms. The largest absolute Gasteiger partial charge is 0.756 e. The first kappa shape index (κ1) is 72.0. The Labute approximate surface area is 455 Å². The quantitative estimate of drug-likeness (QED) is 0.0272. The van der Waals surface area contributed by atoms with Gasteiger partial charge in [-0.1, -0.05) is 314 Å². The first-order valence-corrected chi connectivity index (χ1v) is 33.7. The molecule has 0 saturated carbocycles. The van der Waals surface area contributed by atoms with Gasteiger partial charge in [-0.05, 0) is 32.1 Å². The van der Waals surface area contributed by atoms with Crippen LogP contribution < -0.4 is 10.2 Å². The topological polar surface area (TPSA) is 108 Å². The minimum Gasteiger partial charge on any atom is -0.756 e. The van der Waals surface area contributed by atoms with Gasteiger partial charge in [-0.15, -0.1) is 0 Å². The van der Waals surface area contributed by atoms with Crippen LogP contribution in [0.3, 0.4) is 0 Å². The van der Waals surface area contributed by atoms with Crippen molar-refractivity contribution in [2.75, 3.05) is 40.9 Å². The fourth-order valence-corrected chi connectivity index (χ4v) is 10.6. The van der Waals surface area contributed by atoms with E-state index in [4.69, 9.17) is 9.05 Å². The third kappa shape index (κ3) is 58.5. The molecule has 0 spiro atoms. The van der Waals surface area contributed by atoms with Crippen LogP contribution in [0.2, 0.25) is 0 Å². The molecule has 0 saturated heterocycles. The first-order valence-electron chi connectivity index (χ1n) is 32.2. The second kappa shape index (κ2) is 55.7. The van der Waals surface area contributed by atoms with E-state index in [0.717, 1.165) is 38.5 Å². The van der Waals surface area contributed by atoms with Gasteiger partial charge in [0.25, 0.3) is 7.82 Å². The lowest BCUT2D eigenvalue weighted by Gasteiger charge is -2.29. The Hall–Kier alpha value is -1.02. The van der Waals surface area contributed by atoms with Gasteiger partial charge in [-0.25, -0.2) is 0 Å². The molecule has 0 aromatic rings. The number of allylic oxidation sites excluding steroid dienone is 3. The number of hydrogen-bond donors (Lipinski definition) is 2. The summed E-state index contributed by atoms with van der Waals surface area (Å²) in [5.74, 6) is -0.200. The fourth-order valence-electron chi connectivity index (χ4n) is 9.88. The number of unbranched alkanes of at least 4 members (excludes halogenated alkanes) is 45. The van der Waals surface area contributed by atoms with Crippen LogP contribution in [0.5, 0.6) is 0 Å². The summed E-state index contributed by atoms with van der Waals surface area (Å²) in [6.45, 7) is 4.69. The lowest BCUT2D eigenvalue weighted by atomic mass is 10.0. The van der Waals surface area contributed by atoms with E-state index >= 15 is 0 Å². The molecule has 0 radical (unpaired) electrons. The van der Waals surface area contributed by atoms with E-state index in [2.05, 4.69) is 31.3 Å². The zero-order valence-electron chi connectivity index (χ0n) is 49.6. The van der Waals surface area contributed by atoms with Crippen molar-refractivity contribution in [2.24, 2.45) is 0 Å². The highest BCUT2D eigenvalue weighted by atomic mass is 31.2. The van der Waals surface area contributed by atoms with Crippen LogP contribution in [0, 0.1) is 0 Å². The summed E-state index contributed by atoms with van der Waals surface area (Å²) in [5, 5.41) is 13.9. The number of carbonyl (C=O) groups is 1. The maximum absolute atomic E-state index is 13.0. The number of phosphoric acid groups is 1. The number of hydrogen-bond acceptors (Lipinski definition) is 6. The monoisotopic (exact) mass is 1050 g/mol. The van der Waals surface area contributed by atoms with Crippen molar-refractivity contribution in [2.45, 2.75) is 341 Å². The van der Waals surface area contributed by atoms with E-state index in [1.54, 1.807) is 6.08 Å². The highest BCUT2D eigenvalue weighted by molar-refractivity contribution is 7.45. The first-order chi connectivity index (χ1) is 35.5. The van der Waals surface area contributed by atoms with E-state index in [0.29, 0.717) is 17.4 Å². The Balaban J connectivity index is 4.13. The molecule has 1 amide bonds. The van der Waals surface area contributed by atoms with Gasteiger partial charge < -0.3 is 28.8 Å². The van der Waals surface area contributed by atoms with Gasteiger partial charge in [0.2, 0.25) is 5.91 Å². The Morgan fingerprint density at radius 3 is 1.11 bits per heavy atom. The number of likely N-dealkylation sites (N-methyl/N-ethyl adjacent to an activating group) is 1. The molecule has 8 nitrogen and oxygen atoms in total. The van der Waals surface area contributed by atoms with Crippen LogP contribution in [0.1, 0.15) is 328 Å². The number of nitrogens with one attached hydrogen (secondary N) is 1. The summed E-state index contributed by atoms with van der Waals surface area (Å²) in [5.41, 5.74) is 0. The summed E-state index contributed by atoms with van der Waals surface area (Å²) in [4.78, 5) is 25.5. The number of rotatable bonds is 60. The maximum atomic E-state index is 13.0. The van der Waals surface area contributed by atoms with Gasteiger partial charge >= 0.3 is 0 Å². The average molecular weight is 1050 g/mol. The molecule has 0 fully saturated rings. The SMILES string of the molecule is CCCCCCCCCCCCCCCCCCCCCCCCCC/C=C/CC/C=C/C(O)C(COP(=O)([O-])OCC[N+](C)(C)C)NC(=O)CCCCCCCCCCCCCCCCCCCCCCC. The van der Waals surface area contributed by atoms with Crippen LogP contribution in [-0.2, 0) is 18.4 Å². The predicted octanol–water partition coefficient (Wildman–Crippen LogP) is 19.3. The molecule has 0 heterocycles. The van der Waals surface area contributed by atoms with Crippen LogP contribution in [0.15, 0.2) is 24.3 Å². The van der Waals surface area contributed by atoms with Gasteiger partial charge in [0.1, 0.15) is 13.2 Å². The minimum absolute atomic E-state index is 0.00355. The van der Waals surface area contributed by atoms with Crippen molar-refractivity contribution in [3.63, 3.8) is 0 Å². The molecular formula is C64H127N2O6P. The van der Waals surface area contributed by atoms with Crippen molar-refractivity contribution in [1.82, 2.24) is 5.32 Å². The fraction of sp³-hybridized carbons (Fsp3) is 0.922. The van der Waals surface area contributed by atoms with Crippen LogP contribution in [0.4, 0.5) is 0 Å². The zero-order valence-corrected chi connectivity index (χ0v) is 50.5. The van der Waals surface area contributed by atoms with Crippen molar-refractivity contribution >= 4 is 13.7 Å². The Bertz CT molecular complexity index is 1240. The average Bonchev–Trinajstić information content (AvgIpc) is 3.35. The lowest BCUT2D eigenvalue weighted by Crippen LogP contribution is -2.45. The molecule has 434 valence electrons. The molecule has 0 aliphatic rings. The number of amides is 1. The normalized spacial score (nSPS) is 13.9. The number of carbonyl (C=O) groups excluding carboxylic acids is 1. The summed E-state index contributed by atoms with van der Waals surface area (Å²) < 4.78 is 23.4. The van der Waals surface area contributed by atoms with Crippen LogP contribution >= 0.6 is 7.82 Å². The van der Waals surface area contributed by atoms with Gasteiger partial charge in [-0.3, -0.25) is 9.36 Å². The number of aliphatic hydroxyl groups excluding tert-OH is 1. The van der Waals surface area contributed by atoms with Crippen LogP contribution in [-0.4, -0.2) is 68.5 Å². The third-order valence-electron chi connectivity index (χ3n) is 14.9.